The molecule has 1 aromatic heterocycles. The van der Waals surface area contributed by atoms with E-state index in [1.54, 1.807) is 0 Å². The summed E-state index contributed by atoms with van der Waals surface area (Å²) < 4.78 is 0. The third-order valence-corrected chi connectivity index (χ3v) is 5.33. The second-order valence-corrected chi connectivity index (χ2v) is 5.99. The molecule has 0 saturated carbocycles. The molecule has 0 saturated heterocycles. The first-order valence-corrected chi connectivity index (χ1v) is 7.23. The maximum absolute atomic E-state index is 3.80. The average molecular weight is 295 g/mol. The molecule has 0 aliphatic heterocycles. The molecule has 2 rings (SSSR count). The Hall–Kier alpha value is -0.600. The van der Waals surface area contributed by atoms with E-state index in [1.807, 2.05) is 11.3 Å². The number of aryl methyl sites for hydroxylation is 2. The summed E-state index contributed by atoms with van der Waals surface area (Å²) in [6, 6.07) is 13.0. The molecule has 1 heterocycles. The van der Waals surface area contributed by atoms with E-state index >= 15 is 0 Å². The first-order chi connectivity index (χ1) is 7.72. The first kappa shape index (κ1) is 11.9. The Morgan fingerprint density at radius 2 is 1.94 bits per heavy atom. The molecule has 1 atom stereocenters. The molecule has 1 aromatic carbocycles. The van der Waals surface area contributed by atoms with Gasteiger partial charge in [-0.1, -0.05) is 47.1 Å². The molecule has 0 radical (unpaired) electrons. The molecule has 2 aromatic rings. The van der Waals surface area contributed by atoms with Gasteiger partial charge in [0, 0.05) is 9.75 Å². The summed E-state index contributed by atoms with van der Waals surface area (Å²) in [6.45, 7) is 4.37. The summed E-state index contributed by atoms with van der Waals surface area (Å²) >= 11 is 5.70. The van der Waals surface area contributed by atoms with Crippen molar-refractivity contribution in [2.75, 3.05) is 0 Å². The number of alkyl halides is 1. The smallest absolute Gasteiger partial charge is 0.0740 e. The van der Waals surface area contributed by atoms with Gasteiger partial charge in [0.2, 0.25) is 0 Å². The van der Waals surface area contributed by atoms with Gasteiger partial charge in [-0.05, 0) is 36.6 Å². The quantitative estimate of drug-likeness (QED) is 0.691. The largest absolute Gasteiger partial charge is 0.144 e. The lowest BCUT2D eigenvalue weighted by Gasteiger charge is -2.10. The highest BCUT2D eigenvalue weighted by atomic mass is 79.9. The standard InChI is InChI=1S/C14H15BrS/c1-3-11-8-9-13(16-11)14(15)12-7-5-4-6-10(12)2/h4-9,14H,3H2,1-2H3. The molecule has 0 spiro atoms. The molecule has 0 aliphatic rings. The van der Waals surface area contributed by atoms with Crippen LogP contribution in [-0.2, 0) is 6.42 Å². The molecule has 0 amide bonds. The van der Waals surface area contributed by atoms with Crippen molar-refractivity contribution in [3.05, 3.63) is 57.3 Å². The van der Waals surface area contributed by atoms with Crippen LogP contribution in [0.15, 0.2) is 36.4 Å². The average Bonchev–Trinajstić information content (AvgIpc) is 2.77. The Morgan fingerprint density at radius 3 is 2.56 bits per heavy atom. The number of hydrogen-bond donors (Lipinski definition) is 0. The van der Waals surface area contributed by atoms with Gasteiger partial charge >= 0.3 is 0 Å². The van der Waals surface area contributed by atoms with Crippen molar-refractivity contribution in [1.29, 1.82) is 0 Å². The van der Waals surface area contributed by atoms with Crippen molar-refractivity contribution in [2.24, 2.45) is 0 Å². The molecule has 0 N–H and O–H groups in total. The van der Waals surface area contributed by atoms with E-state index in [0.717, 1.165) is 6.42 Å². The maximum Gasteiger partial charge on any atom is 0.0740 e. The third kappa shape index (κ3) is 2.38. The maximum atomic E-state index is 3.80. The Labute approximate surface area is 109 Å². The van der Waals surface area contributed by atoms with E-state index < -0.39 is 0 Å². The summed E-state index contributed by atoms with van der Waals surface area (Å²) in [6.07, 6.45) is 1.12. The van der Waals surface area contributed by atoms with Crippen molar-refractivity contribution in [1.82, 2.24) is 0 Å². The summed E-state index contributed by atoms with van der Waals surface area (Å²) in [7, 11) is 0. The van der Waals surface area contributed by atoms with Crippen LogP contribution < -0.4 is 0 Å². The van der Waals surface area contributed by atoms with Gasteiger partial charge in [-0.2, -0.15) is 0 Å². The van der Waals surface area contributed by atoms with E-state index in [2.05, 4.69) is 66.2 Å². The van der Waals surface area contributed by atoms with E-state index in [-0.39, 0.29) is 0 Å². The van der Waals surface area contributed by atoms with Crippen LogP contribution in [0.5, 0.6) is 0 Å². The molecule has 16 heavy (non-hydrogen) atoms. The zero-order valence-corrected chi connectivity index (χ0v) is 11.9. The summed E-state index contributed by atoms with van der Waals surface area (Å²) in [5.74, 6) is 0. The Bertz CT molecular complexity index is 473. The highest BCUT2D eigenvalue weighted by molar-refractivity contribution is 9.09. The van der Waals surface area contributed by atoms with Crippen LogP contribution in [0.3, 0.4) is 0 Å². The number of rotatable bonds is 3. The fraction of sp³-hybridized carbons (Fsp3) is 0.286. The highest BCUT2D eigenvalue weighted by Crippen LogP contribution is 2.36. The SMILES string of the molecule is CCc1ccc(C(Br)c2ccccc2C)s1. The molecule has 1 unspecified atom stereocenters. The lowest BCUT2D eigenvalue weighted by atomic mass is 10.1. The molecule has 0 bridgehead atoms. The Balaban J connectivity index is 2.31. The topological polar surface area (TPSA) is 0 Å². The Morgan fingerprint density at radius 1 is 1.19 bits per heavy atom. The van der Waals surface area contributed by atoms with Crippen LogP contribution in [0, 0.1) is 6.92 Å². The zero-order valence-electron chi connectivity index (χ0n) is 9.53. The second kappa shape index (κ2) is 5.15. The molecule has 2 heteroatoms. The van der Waals surface area contributed by atoms with Crippen LogP contribution in [0.4, 0.5) is 0 Å². The molecular weight excluding hydrogens is 280 g/mol. The number of hydrogen-bond acceptors (Lipinski definition) is 1. The van der Waals surface area contributed by atoms with Crippen LogP contribution >= 0.6 is 27.3 Å². The van der Waals surface area contributed by atoms with Gasteiger partial charge in [0.05, 0.1) is 4.83 Å². The normalized spacial score (nSPS) is 12.7. The van der Waals surface area contributed by atoms with E-state index in [9.17, 15) is 0 Å². The van der Waals surface area contributed by atoms with Gasteiger partial charge in [0.25, 0.3) is 0 Å². The molecular formula is C14H15BrS. The molecule has 0 fully saturated rings. The van der Waals surface area contributed by atoms with Crippen molar-refractivity contribution >= 4 is 27.3 Å². The minimum Gasteiger partial charge on any atom is -0.144 e. The van der Waals surface area contributed by atoms with E-state index in [1.165, 1.54) is 20.9 Å². The summed E-state index contributed by atoms with van der Waals surface area (Å²) in [5.41, 5.74) is 2.71. The molecule has 84 valence electrons. The minimum absolute atomic E-state index is 0.332. The highest BCUT2D eigenvalue weighted by Gasteiger charge is 2.13. The van der Waals surface area contributed by atoms with E-state index in [0.29, 0.717) is 4.83 Å². The second-order valence-electron chi connectivity index (χ2n) is 3.88. The van der Waals surface area contributed by atoms with Crippen molar-refractivity contribution < 1.29 is 0 Å². The van der Waals surface area contributed by atoms with Crippen LogP contribution in [0.1, 0.15) is 32.6 Å². The summed E-state index contributed by atoms with van der Waals surface area (Å²) in [5, 5.41) is 0. The van der Waals surface area contributed by atoms with Crippen LogP contribution in [-0.4, -0.2) is 0 Å². The number of benzene rings is 1. The van der Waals surface area contributed by atoms with Crippen molar-refractivity contribution in [2.45, 2.75) is 25.1 Å². The van der Waals surface area contributed by atoms with Crippen molar-refractivity contribution in [3.8, 4) is 0 Å². The fourth-order valence-corrected chi connectivity index (χ4v) is 3.64. The third-order valence-electron chi connectivity index (χ3n) is 2.74. The predicted molar refractivity (Wildman–Crippen MR) is 75.6 cm³/mol. The number of thiophene rings is 1. The first-order valence-electron chi connectivity index (χ1n) is 5.50. The van der Waals surface area contributed by atoms with Crippen LogP contribution in [0.25, 0.3) is 0 Å². The van der Waals surface area contributed by atoms with Gasteiger partial charge in [-0.15, -0.1) is 11.3 Å². The molecule has 0 aliphatic carbocycles. The number of halogens is 1. The predicted octanol–water partition coefficient (Wildman–Crippen LogP) is 5.10. The lowest BCUT2D eigenvalue weighted by molar-refractivity contribution is 1.18. The van der Waals surface area contributed by atoms with Gasteiger partial charge < -0.3 is 0 Å². The monoisotopic (exact) mass is 294 g/mol. The zero-order chi connectivity index (χ0) is 11.5. The van der Waals surface area contributed by atoms with Gasteiger partial charge in [-0.25, -0.2) is 0 Å². The minimum atomic E-state index is 0.332. The van der Waals surface area contributed by atoms with Gasteiger partial charge in [-0.3, -0.25) is 0 Å². The fourth-order valence-electron chi connectivity index (χ4n) is 1.75. The molecule has 0 nitrogen and oxygen atoms in total. The van der Waals surface area contributed by atoms with Crippen LogP contribution in [0.2, 0.25) is 0 Å². The van der Waals surface area contributed by atoms with Gasteiger partial charge in [0.15, 0.2) is 0 Å². The Kier molecular flexibility index (Phi) is 3.82. The summed E-state index contributed by atoms with van der Waals surface area (Å²) in [4.78, 5) is 3.18. The van der Waals surface area contributed by atoms with Crippen molar-refractivity contribution in [3.63, 3.8) is 0 Å². The van der Waals surface area contributed by atoms with Gasteiger partial charge in [0.1, 0.15) is 0 Å². The lowest BCUT2D eigenvalue weighted by Crippen LogP contribution is -1.92. The van der Waals surface area contributed by atoms with E-state index in [4.69, 9.17) is 0 Å².